The van der Waals surface area contributed by atoms with E-state index in [1.807, 2.05) is 36.4 Å². The van der Waals surface area contributed by atoms with Crippen molar-refractivity contribution in [3.63, 3.8) is 0 Å². The minimum absolute atomic E-state index is 0.168. The SMILES string of the molecule is CC(=O)CC(=O)N(CCc1cccc(C(F)(F)F)c1)c1cccc2ccccc12. The van der Waals surface area contributed by atoms with Crippen molar-refractivity contribution in [2.24, 2.45) is 0 Å². The number of ketones is 1. The highest BCUT2D eigenvalue weighted by molar-refractivity contribution is 6.09. The number of halogens is 3. The smallest absolute Gasteiger partial charge is 0.311 e. The predicted octanol–water partition coefficient (Wildman–Crippen LogP) is 5.41. The van der Waals surface area contributed by atoms with Crippen LogP contribution in [0.4, 0.5) is 18.9 Å². The lowest BCUT2D eigenvalue weighted by Gasteiger charge is -2.24. The molecule has 0 saturated heterocycles. The second-order valence-electron chi connectivity index (χ2n) is 6.87. The molecule has 0 spiro atoms. The van der Waals surface area contributed by atoms with Gasteiger partial charge in [0.05, 0.1) is 17.7 Å². The number of rotatable bonds is 6. The van der Waals surface area contributed by atoms with E-state index >= 15 is 0 Å². The Labute approximate surface area is 166 Å². The molecule has 0 aliphatic carbocycles. The molecular weight excluding hydrogens is 379 g/mol. The largest absolute Gasteiger partial charge is 0.416 e. The van der Waals surface area contributed by atoms with Gasteiger partial charge in [-0.15, -0.1) is 0 Å². The van der Waals surface area contributed by atoms with Crippen molar-refractivity contribution >= 4 is 28.2 Å². The number of nitrogens with zero attached hydrogens (tertiary/aromatic N) is 1. The van der Waals surface area contributed by atoms with E-state index in [1.54, 1.807) is 12.1 Å². The molecule has 0 unspecified atom stereocenters. The second-order valence-corrected chi connectivity index (χ2v) is 6.87. The zero-order chi connectivity index (χ0) is 21.0. The molecule has 0 radical (unpaired) electrons. The first-order valence-corrected chi connectivity index (χ1v) is 9.19. The van der Waals surface area contributed by atoms with Crippen molar-refractivity contribution in [1.29, 1.82) is 0 Å². The number of anilines is 1. The maximum Gasteiger partial charge on any atom is 0.416 e. The number of amides is 1. The fraction of sp³-hybridized carbons (Fsp3) is 0.217. The van der Waals surface area contributed by atoms with E-state index in [0.717, 1.165) is 22.9 Å². The standard InChI is InChI=1S/C23H20F3NO2/c1-16(28)14-22(29)27(21-11-5-8-18-7-2-3-10-20(18)21)13-12-17-6-4-9-19(15-17)23(24,25)26/h2-11,15H,12-14H2,1H3. The van der Waals surface area contributed by atoms with Gasteiger partial charge >= 0.3 is 6.18 Å². The highest BCUT2D eigenvalue weighted by atomic mass is 19.4. The molecule has 6 heteroatoms. The first-order valence-electron chi connectivity index (χ1n) is 9.19. The van der Waals surface area contributed by atoms with Crippen LogP contribution in [0.1, 0.15) is 24.5 Å². The van der Waals surface area contributed by atoms with Gasteiger partial charge < -0.3 is 4.90 Å². The lowest BCUT2D eigenvalue weighted by molar-refractivity contribution is -0.137. The molecule has 3 rings (SSSR count). The monoisotopic (exact) mass is 399 g/mol. The number of carbonyl (C=O) groups is 2. The molecule has 150 valence electrons. The van der Waals surface area contributed by atoms with E-state index < -0.39 is 11.7 Å². The quantitative estimate of drug-likeness (QED) is 0.520. The van der Waals surface area contributed by atoms with Gasteiger partial charge in [0, 0.05) is 11.9 Å². The minimum atomic E-state index is -4.42. The van der Waals surface area contributed by atoms with Crippen LogP contribution in [-0.2, 0) is 22.2 Å². The van der Waals surface area contributed by atoms with Gasteiger partial charge in [0.15, 0.2) is 0 Å². The van der Waals surface area contributed by atoms with Gasteiger partial charge in [-0.2, -0.15) is 13.2 Å². The van der Waals surface area contributed by atoms with Gasteiger partial charge in [0.25, 0.3) is 0 Å². The van der Waals surface area contributed by atoms with Crippen LogP contribution in [0, 0.1) is 0 Å². The van der Waals surface area contributed by atoms with Crippen LogP contribution in [0.25, 0.3) is 10.8 Å². The molecule has 0 N–H and O–H groups in total. The topological polar surface area (TPSA) is 37.4 Å². The Balaban J connectivity index is 1.93. The van der Waals surface area contributed by atoms with E-state index in [1.165, 1.54) is 17.9 Å². The summed E-state index contributed by atoms with van der Waals surface area (Å²) in [7, 11) is 0. The number of alkyl halides is 3. The Morgan fingerprint density at radius 1 is 0.931 bits per heavy atom. The Morgan fingerprint density at radius 2 is 1.62 bits per heavy atom. The summed E-state index contributed by atoms with van der Waals surface area (Å²) in [4.78, 5) is 25.8. The fourth-order valence-electron chi connectivity index (χ4n) is 3.28. The van der Waals surface area contributed by atoms with Crippen LogP contribution >= 0.6 is 0 Å². The molecule has 0 saturated carbocycles. The van der Waals surface area contributed by atoms with Gasteiger partial charge in [-0.3, -0.25) is 9.59 Å². The third-order valence-corrected chi connectivity index (χ3v) is 4.64. The van der Waals surface area contributed by atoms with E-state index in [0.29, 0.717) is 11.3 Å². The van der Waals surface area contributed by atoms with E-state index in [-0.39, 0.29) is 31.1 Å². The molecule has 3 nitrogen and oxygen atoms in total. The molecule has 3 aromatic carbocycles. The molecule has 0 heterocycles. The summed E-state index contributed by atoms with van der Waals surface area (Å²) in [6, 6.07) is 18.1. The second kappa shape index (κ2) is 8.47. The number of hydrogen-bond donors (Lipinski definition) is 0. The van der Waals surface area contributed by atoms with Crippen molar-refractivity contribution < 1.29 is 22.8 Å². The average molecular weight is 399 g/mol. The van der Waals surface area contributed by atoms with Crippen molar-refractivity contribution in [2.75, 3.05) is 11.4 Å². The van der Waals surface area contributed by atoms with Crippen LogP contribution in [0.5, 0.6) is 0 Å². The number of benzene rings is 3. The van der Waals surface area contributed by atoms with Gasteiger partial charge in [0.1, 0.15) is 5.78 Å². The van der Waals surface area contributed by atoms with Crippen LogP contribution in [-0.4, -0.2) is 18.2 Å². The van der Waals surface area contributed by atoms with Gasteiger partial charge in [-0.1, -0.05) is 54.6 Å². The summed E-state index contributed by atoms with van der Waals surface area (Å²) in [5.74, 6) is -0.639. The third kappa shape index (κ3) is 5.02. The highest BCUT2D eigenvalue weighted by Gasteiger charge is 2.30. The maximum atomic E-state index is 13.0. The number of Topliss-reactive ketones (excluding diaryl/α,β-unsaturated/α-hetero) is 1. The summed E-state index contributed by atoms with van der Waals surface area (Å²) in [5.41, 5.74) is 0.392. The lowest BCUT2D eigenvalue weighted by atomic mass is 10.0. The third-order valence-electron chi connectivity index (χ3n) is 4.64. The molecule has 1 amide bonds. The Bertz CT molecular complexity index is 1040. The van der Waals surface area contributed by atoms with Gasteiger partial charge in [0.2, 0.25) is 5.91 Å². The predicted molar refractivity (Wildman–Crippen MR) is 107 cm³/mol. The summed E-state index contributed by atoms with van der Waals surface area (Å²) in [6.45, 7) is 1.51. The number of fused-ring (bicyclic) bond motifs is 1. The highest BCUT2D eigenvalue weighted by Crippen LogP contribution is 2.30. The average Bonchev–Trinajstić information content (AvgIpc) is 2.67. The van der Waals surface area contributed by atoms with Gasteiger partial charge in [-0.05, 0) is 36.4 Å². The molecule has 0 aliphatic heterocycles. The normalized spacial score (nSPS) is 11.4. The Morgan fingerprint density at radius 3 is 2.34 bits per heavy atom. The van der Waals surface area contributed by atoms with E-state index in [4.69, 9.17) is 0 Å². The zero-order valence-corrected chi connectivity index (χ0v) is 15.9. The van der Waals surface area contributed by atoms with Crippen LogP contribution in [0.15, 0.2) is 66.7 Å². The summed E-state index contributed by atoms with van der Waals surface area (Å²) >= 11 is 0. The summed E-state index contributed by atoms with van der Waals surface area (Å²) in [6.07, 6.45) is -4.45. The molecule has 0 aromatic heterocycles. The van der Waals surface area contributed by atoms with Crippen LogP contribution in [0.3, 0.4) is 0 Å². The fourth-order valence-corrected chi connectivity index (χ4v) is 3.28. The van der Waals surface area contributed by atoms with Crippen molar-refractivity contribution in [1.82, 2.24) is 0 Å². The molecular formula is C23H20F3NO2. The van der Waals surface area contributed by atoms with Crippen molar-refractivity contribution in [3.05, 3.63) is 77.9 Å². The molecule has 0 atom stereocenters. The van der Waals surface area contributed by atoms with E-state index in [9.17, 15) is 22.8 Å². The van der Waals surface area contributed by atoms with Gasteiger partial charge in [-0.25, -0.2) is 0 Å². The molecule has 0 bridgehead atoms. The summed E-state index contributed by atoms with van der Waals surface area (Å²) < 4.78 is 38.9. The maximum absolute atomic E-state index is 13.0. The first-order chi connectivity index (χ1) is 13.8. The van der Waals surface area contributed by atoms with Crippen LogP contribution < -0.4 is 4.90 Å². The lowest BCUT2D eigenvalue weighted by Crippen LogP contribution is -2.34. The van der Waals surface area contributed by atoms with Crippen LogP contribution in [0.2, 0.25) is 0 Å². The zero-order valence-electron chi connectivity index (χ0n) is 15.9. The number of hydrogen-bond acceptors (Lipinski definition) is 2. The molecule has 29 heavy (non-hydrogen) atoms. The molecule has 3 aromatic rings. The molecule has 0 aliphatic rings. The first kappa shape index (κ1) is 20.6. The minimum Gasteiger partial charge on any atom is -0.311 e. The Hall–Kier alpha value is -3.15. The van der Waals surface area contributed by atoms with Crippen molar-refractivity contribution in [2.45, 2.75) is 25.9 Å². The van der Waals surface area contributed by atoms with Crippen molar-refractivity contribution in [3.8, 4) is 0 Å². The molecule has 0 fully saturated rings. The Kier molecular flexibility index (Phi) is 6.01. The number of carbonyl (C=O) groups excluding carboxylic acids is 2. The van der Waals surface area contributed by atoms with E-state index in [2.05, 4.69) is 0 Å². The summed E-state index contributed by atoms with van der Waals surface area (Å²) in [5, 5.41) is 1.78.